The van der Waals surface area contributed by atoms with Crippen molar-refractivity contribution >= 4 is 16.6 Å². The number of nitrogens with one attached hydrogen (secondary N) is 1. The molecule has 35 heavy (non-hydrogen) atoms. The monoisotopic (exact) mass is 477 g/mol. The van der Waals surface area contributed by atoms with Crippen molar-refractivity contribution in [3.63, 3.8) is 0 Å². The number of halogens is 2. The first kappa shape index (κ1) is 22.7. The summed E-state index contributed by atoms with van der Waals surface area (Å²) in [5.41, 5.74) is 5.31. The van der Waals surface area contributed by atoms with Crippen molar-refractivity contribution in [2.24, 2.45) is 5.92 Å². The number of alkyl halides is 2. The lowest BCUT2D eigenvalue weighted by molar-refractivity contribution is 0.0666. The number of imidazole rings is 1. The van der Waals surface area contributed by atoms with Gasteiger partial charge in [0.2, 0.25) is 0 Å². The zero-order valence-electron chi connectivity index (χ0n) is 20.6. The molecular formula is C28H33F2N5. The maximum atomic E-state index is 15.0. The van der Waals surface area contributed by atoms with E-state index in [1.165, 1.54) is 10.9 Å². The number of H-pyrrole nitrogens is 1. The van der Waals surface area contributed by atoms with Gasteiger partial charge >= 0.3 is 0 Å². The summed E-state index contributed by atoms with van der Waals surface area (Å²) in [5.74, 6) is 0.170. The summed E-state index contributed by atoms with van der Waals surface area (Å²) in [5, 5.41) is 1.26. The van der Waals surface area contributed by atoms with Crippen LogP contribution in [-0.4, -0.2) is 62.2 Å². The Morgan fingerprint density at radius 3 is 2.69 bits per heavy atom. The van der Waals surface area contributed by atoms with Crippen molar-refractivity contribution in [3.8, 4) is 0 Å². The van der Waals surface area contributed by atoms with E-state index in [1.54, 1.807) is 13.8 Å². The van der Waals surface area contributed by atoms with Gasteiger partial charge in [0.05, 0.1) is 18.4 Å². The highest BCUT2D eigenvalue weighted by Gasteiger charge is 2.38. The van der Waals surface area contributed by atoms with Gasteiger partial charge in [0.25, 0.3) is 0 Å². The number of nitrogens with zero attached hydrogens (tertiary/aromatic N) is 4. The molecule has 7 heteroatoms. The van der Waals surface area contributed by atoms with Gasteiger partial charge in [0.1, 0.15) is 11.3 Å². The molecule has 2 aliphatic rings. The Balaban J connectivity index is 1.39. The highest BCUT2D eigenvalue weighted by atomic mass is 19.1. The van der Waals surface area contributed by atoms with E-state index in [1.807, 2.05) is 0 Å². The number of fused-ring (bicyclic) bond motifs is 4. The van der Waals surface area contributed by atoms with Crippen LogP contribution in [0.15, 0.2) is 48.8 Å². The van der Waals surface area contributed by atoms with E-state index in [9.17, 15) is 8.78 Å². The van der Waals surface area contributed by atoms with Crippen molar-refractivity contribution < 1.29 is 8.78 Å². The average molecular weight is 478 g/mol. The summed E-state index contributed by atoms with van der Waals surface area (Å²) in [6, 6.07) is 12.7. The van der Waals surface area contributed by atoms with E-state index < -0.39 is 5.67 Å². The van der Waals surface area contributed by atoms with Gasteiger partial charge in [0.15, 0.2) is 0 Å². The van der Waals surface area contributed by atoms with E-state index in [0.717, 1.165) is 54.2 Å². The predicted molar refractivity (Wildman–Crippen MR) is 135 cm³/mol. The van der Waals surface area contributed by atoms with Crippen LogP contribution in [0.25, 0.3) is 16.6 Å². The highest BCUT2D eigenvalue weighted by molar-refractivity contribution is 5.85. The second-order valence-corrected chi connectivity index (χ2v) is 11.1. The Kier molecular flexibility index (Phi) is 5.45. The first-order valence-corrected chi connectivity index (χ1v) is 12.6. The molecule has 5 nitrogen and oxygen atoms in total. The summed E-state index contributed by atoms with van der Waals surface area (Å²) < 4.78 is 29.9. The number of hydrogen-bond acceptors (Lipinski definition) is 3. The second kappa shape index (κ2) is 8.42. The summed E-state index contributed by atoms with van der Waals surface area (Å²) in [6.45, 7) is 7.97. The van der Waals surface area contributed by atoms with Crippen LogP contribution in [0, 0.1) is 5.92 Å². The molecule has 0 aliphatic carbocycles. The molecule has 0 bridgehead atoms. The highest BCUT2D eigenvalue weighted by Crippen LogP contribution is 2.41. The summed E-state index contributed by atoms with van der Waals surface area (Å²) >= 11 is 0. The first-order chi connectivity index (χ1) is 16.8. The molecule has 0 radical (unpaired) electrons. The zero-order chi connectivity index (χ0) is 24.3. The lowest BCUT2D eigenvalue weighted by atomic mass is 9.88. The van der Waals surface area contributed by atoms with E-state index in [0.29, 0.717) is 6.54 Å². The number of para-hydroxylation sites is 1. The van der Waals surface area contributed by atoms with Crippen LogP contribution in [0.3, 0.4) is 0 Å². The summed E-state index contributed by atoms with van der Waals surface area (Å²) in [6.07, 6.45) is 5.10. The maximum Gasteiger partial charge on any atom is 0.137 e. The number of benzene rings is 1. The fourth-order valence-corrected chi connectivity index (χ4v) is 5.98. The largest absolute Gasteiger partial charge is 0.357 e. The van der Waals surface area contributed by atoms with Gasteiger partial charge < -0.3 is 9.38 Å². The molecule has 0 saturated carbocycles. The molecular weight excluding hydrogens is 444 g/mol. The van der Waals surface area contributed by atoms with E-state index in [4.69, 9.17) is 4.98 Å². The van der Waals surface area contributed by atoms with Gasteiger partial charge in [-0.25, -0.2) is 9.37 Å². The summed E-state index contributed by atoms with van der Waals surface area (Å²) in [7, 11) is 0. The Morgan fingerprint density at radius 1 is 1.11 bits per heavy atom. The molecule has 1 fully saturated rings. The molecule has 1 saturated heterocycles. The third-order valence-electron chi connectivity index (χ3n) is 7.55. The number of aromatic amines is 1. The molecule has 0 spiro atoms. The molecule has 184 valence electrons. The molecule has 5 heterocycles. The number of likely N-dealkylation sites (tertiary alicyclic amines) is 1. The third kappa shape index (κ3) is 4.15. The van der Waals surface area contributed by atoms with Crippen molar-refractivity contribution in [2.45, 2.75) is 51.5 Å². The second-order valence-electron chi connectivity index (χ2n) is 11.1. The predicted octanol–water partition coefficient (Wildman–Crippen LogP) is 5.30. The van der Waals surface area contributed by atoms with Gasteiger partial charge in [0, 0.05) is 67.1 Å². The molecule has 2 aliphatic heterocycles. The van der Waals surface area contributed by atoms with Gasteiger partial charge in [-0.05, 0) is 50.5 Å². The standard InChI is InChI=1S/C28H33F2N5/c1-18-10-23-22-6-4-5-7-24(22)32-26(23)27(35(18)17-28(2,3)30)20-8-9-25-31-21(16-34(25)14-20)15-33-12-19(11-29)13-33/h4-9,14,16,18-19,27,32H,10-13,15,17H2,1-3H3/t18-,27-/m1/s1. The van der Waals surface area contributed by atoms with Gasteiger partial charge in [-0.2, -0.15) is 0 Å². The lowest BCUT2D eigenvalue weighted by Gasteiger charge is -2.42. The normalized spacial score (nSPS) is 22.1. The van der Waals surface area contributed by atoms with Crippen molar-refractivity contribution in [1.82, 2.24) is 24.2 Å². The maximum absolute atomic E-state index is 15.0. The fraction of sp³-hybridized carbons (Fsp3) is 0.464. The quantitative estimate of drug-likeness (QED) is 0.410. The van der Waals surface area contributed by atoms with E-state index in [-0.39, 0.29) is 24.7 Å². The molecule has 4 aromatic rings. The Bertz CT molecular complexity index is 1360. The average Bonchev–Trinajstić information content (AvgIpc) is 3.35. The minimum absolute atomic E-state index is 0.0767. The Hall–Kier alpha value is -2.77. The van der Waals surface area contributed by atoms with Crippen LogP contribution >= 0.6 is 0 Å². The van der Waals surface area contributed by atoms with Crippen LogP contribution in [-0.2, 0) is 13.0 Å². The molecule has 1 N–H and O–H groups in total. The number of aromatic nitrogens is 3. The first-order valence-electron chi connectivity index (χ1n) is 12.6. The minimum atomic E-state index is -1.31. The molecule has 3 aromatic heterocycles. The smallest absolute Gasteiger partial charge is 0.137 e. The molecule has 1 aromatic carbocycles. The van der Waals surface area contributed by atoms with Crippen LogP contribution in [0.2, 0.25) is 0 Å². The third-order valence-corrected chi connectivity index (χ3v) is 7.55. The van der Waals surface area contributed by atoms with Crippen LogP contribution in [0.1, 0.15) is 49.3 Å². The molecule has 0 amide bonds. The van der Waals surface area contributed by atoms with Crippen molar-refractivity contribution in [1.29, 1.82) is 0 Å². The van der Waals surface area contributed by atoms with E-state index in [2.05, 4.69) is 74.9 Å². The van der Waals surface area contributed by atoms with Crippen molar-refractivity contribution in [2.75, 3.05) is 26.3 Å². The molecule has 2 atom stereocenters. The van der Waals surface area contributed by atoms with Crippen LogP contribution in [0.5, 0.6) is 0 Å². The Morgan fingerprint density at radius 2 is 1.91 bits per heavy atom. The van der Waals surface area contributed by atoms with Crippen LogP contribution in [0.4, 0.5) is 8.78 Å². The molecule has 6 rings (SSSR count). The number of hydrogen-bond donors (Lipinski definition) is 1. The van der Waals surface area contributed by atoms with Crippen molar-refractivity contribution in [3.05, 3.63) is 71.3 Å². The lowest BCUT2D eigenvalue weighted by Crippen LogP contribution is -2.47. The van der Waals surface area contributed by atoms with Crippen LogP contribution < -0.4 is 0 Å². The van der Waals surface area contributed by atoms with Gasteiger partial charge in [-0.1, -0.05) is 24.3 Å². The van der Waals surface area contributed by atoms with Gasteiger partial charge in [-0.3, -0.25) is 14.2 Å². The summed E-state index contributed by atoms with van der Waals surface area (Å²) in [4.78, 5) is 13.0. The van der Waals surface area contributed by atoms with Gasteiger partial charge in [-0.15, -0.1) is 0 Å². The molecule has 0 unspecified atom stereocenters. The minimum Gasteiger partial charge on any atom is -0.357 e. The number of pyridine rings is 1. The van der Waals surface area contributed by atoms with E-state index >= 15 is 0 Å². The number of rotatable bonds is 6. The topological polar surface area (TPSA) is 39.6 Å². The SMILES string of the molecule is C[C@@H]1Cc2c([nH]c3ccccc23)[C@@H](c2ccc3nc(CN4CC(CF)C4)cn3c2)N1CC(C)(C)F. The zero-order valence-corrected chi connectivity index (χ0v) is 20.6. The fourth-order valence-electron chi connectivity index (χ4n) is 5.98. The Labute approximate surface area is 204 Å².